The van der Waals surface area contributed by atoms with Crippen LogP contribution < -0.4 is 16.0 Å². The average Bonchev–Trinajstić information content (AvgIpc) is 2.66. The lowest BCUT2D eigenvalue weighted by atomic mass is 10.2. The van der Waals surface area contributed by atoms with E-state index in [1.54, 1.807) is 19.2 Å². The number of aliphatic hydroxyl groups is 1. The molecule has 0 fully saturated rings. The molecule has 0 bridgehead atoms. The maximum absolute atomic E-state index is 12.3. The molecular formula is C18H25BrN6O3S. The summed E-state index contributed by atoms with van der Waals surface area (Å²) in [5, 5.41) is 18.3. The van der Waals surface area contributed by atoms with Gasteiger partial charge in [0.15, 0.2) is 0 Å². The van der Waals surface area contributed by atoms with E-state index in [9.17, 15) is 14.8 Å². The number of halogens is 1. The van der Waals surface area contributed by atoms with Gasteiger partial charge in [-0.05, 0) is 81.7 Å². The predicted molar refractivity (Wildman–Crippen MR) is 123 cm³/mol. The van der Waals surface area contributed by atoms with Crippen LogP contribution in [0.2, 0.25) is 0 Å². The molecule has 1 heterocycles. The maximum Gasteiger partial charge on any atom is 0.287 e. The number of hydrogen-bond acceptors (Lipinski definition) is 8. The van der Waals surface area contributed by atoms with Crippen LogP contribution in [-0.4, -0.2) is 45.0 Å². The minimum Gasteiger partial charge on any atom is -0.391 e. The second kappa shape index (κ2) is 9.51. The normalized spacial score (nSPS) is 13.9. The van der Waals surface area contributed by atoms with Crippen LogP contribution in [0, 0.1) is 11.8 Å². The molecule has 0 aliphatic rings. The van der Waals surface area contributed by atoms with Gasteiger partial charge in [-0.1, -0.05) is 6.07 Å². The Morgan fingerprint density at radius 2 is 2.00 bits per heavy atom. The average molecular weight is 485 g/mol. The van der Waals surface area contributed by atoms with Crippen molar-refractivity contribution >= 4 is 54.5 Å². The second-order valence-electron chi connectivity index (χ2n) is 6.98. The van der Waals surface area contributed by atoms with Gasteiger partial charge < -0.3 is 21.1 Å². The number of anilines is 4. The van der Waals surface area contributed by atoms with Gasteiger partial charge in [-0.25, -0.2) is 4.98 Å². The number of hydrogen-bond donors (Lipinski definition) is 4. The van der Waals surface area contributed by atoms with Gasteiger partial charge in [0.1, 0.15) is 5.82 Å². The van der Waals surface area contributed by atoms with Crippen molar-refractivity contribution in [2.45, 2.75) is 32.9 Å². The van der Waals surface area contributed by atoms with E-state index in [-0.39, 0.29) is 6.04 Å². The Bertz CT molecular complexity index is 909. The molecule has 0 unspecified atom stereocenters. The molecule has 11 heteroatoms. The predicted octanol–water partition coefficient (Wildman–Crippen LogP) is 4.75. The maximum atomic E-state index is 12.3. The van der Waals surface area contributed by atoms with E-state index in [1.165, 1.54) is 12.5 Å². The number of carbonyl (C=O) groups is 1. The second-order valence-corrected chi connectivity index (χ2v) is 10.9. The Balaban J connectivity index is 2.22. The number of rotatable bonds is 7. The third kappa shape index (κ3) is 6.12. The van der Waals surface area contributed by atoms with Gasteiger partial charge in [-0.2, -0.15) is 4.98 Å². The van der Waals surface area contributed by atoms with E-state index < -0.39 is 21.6 Å². The molecule has 29 heavy (non-hydrogen) atoms. The molecule has 0 radical (unpaired) electrons. The summed E-state index contributed by atoms with van der Waals surface area (Å²) in [6, 6.07) is 5.21. The third-order valence-electron chi connectivity index (χ3n) is 4.20. The van der Waals surface area contributed by atoms with Crippen LogP contribution in [0.3, 0.4) is 0 Å². The molecule has 0 saturated carbocycles. The van der Waals surface area contributed by atoms with Crippen molar-refractivity contribution < 1.29 is 9.90 Å². The first-order valence-corrected chi connectivity index (χ1v) is 12.0. The molecule has 2 atom stereocenters. The first-order chi connectivity index (χ1) is 13.5. The van der Waals surface area contributed by atoms with E-state index in [0.717, 1.165) is 5.56 Å². The number of carbonyl (C=O) groups excluding carboxylic acids is 1. The molecule has 2 aromatic rings. The standard InChI is InChI=1S/C18H25BrN6O3S/c1-10-6-7-13(8-15(10)23-18(27)29(4,5)25-28)22-17-20-9-14(19)16(24-17)21-11(2)12(3)26/h6-9,11-12,26H,1-5H3,(H,23,27)(H2,20,21,22,24)/t11-,12-/m1/s1. The quantitative estimate of drug-likeness (QED) is 0.417. The van der Waals surface area contributed by atoms with Crippen molar-refractivity contribution in [3.63, 3.8) is 0 Å². The van der Waals surface area contributed by atoms with Crippen LogP contribution in [0.15, 0.2) is 33.5 Å². The smallest absolute Gasteiger partial charge is 0.287 e. The van der Waals surface area contributed by atoms with Crippen molar-refractivity contribution in [3.8, 4) is 0 Å². The fourth-order valence-electron chi connectivity index (χ4n) is 2.10. The zero-order chi connectivity index (χ0) is 21.8. The van der Waals surface area contributed by atoms with Crippen molar-refractivity contribution in [2.24, 2.45) is 4.58 Å². The molecule has 158 valence electrons. The highest BCUT2D eigenvalue weighted by atomic mass is 79.9. The highest BCUT2D eigenvalue weighted by molar-refractivity contribution is 9.10. The number of aromatic nitrogens is 2. The molecule has 0 saturated heterocycles. The Hall–Kier alpha value is -2.24. The van der Waals surface area contributed by atoms with Crippen LogP contribution in [0.4, 0.5) is 27.9 Å². The lowest BCUT2D eigenvalue weighted by Crippen LogP contribution is -2.28. The Morgan fingerprint density at radius 1 is 1.31 bits per heavy atom. The van der Waals surface area contributed by atoms with Crippen LogP contribution in [0.5, 0.6) is 0 Å². The molecule has 1 aromatic carbocycles. The lowest BCUT2D eigenvalue weighted by molar-refractivity contribution is 0.177. The van der Waals surface area contributed by atoms with E-state index >= 15 is 0 Å². The van der Waals surface area contributed by atoms with Gasteiger partial charge in [0.25, 0.3) is 5.24 Å². The molecule has 0 aliphatic carbocycles. The number of amides is 1. The van der Waals surface area contributed by atoms with Gasteiger partial charge in [-0.3, -0.25) is 4.79 Å². The van der Waals surface area contributed by atoms with Gasteiger partial charge in [0.2, 0.25) is 5.95 Å². The van der Waals surface area contributed by atoms with Gasteiger partial charge in [0.05, 0.1) is 16.6 Å². The van der Waals surface area contributed by atoms with Crippen LogP contribution in [-0.2, 0) is 0 Å². The summed E-state index contributed by atoms with van der Waals surface area (Å²) in [6.07, 6.45) is 4.12. The summed E-state index contributed by atoms with van der Waals surface area (Å²) in [4.78, 5) is 31.8. The van der Waals surface area contributed by atoms with E-state index in [2.05, 4.69) is 46.4 Å². The summed E-state index contributed by atoms with van der Waals surface area (Å²) in [6.45, 7) is 5.39. The molecule has 1 aromatic heterocycles. The fraction of sp³-hybridized carbons (Fsp3) is 0.389. The van der Waals surface area contributed by atoms with Crippen molar-refractivity contribution in [1.29, 1.82) is 0 Å². The van der Waals surface area contributed by atoms with Crippen molar-refractivity contribution in [2.75, 3.05) is 28.5 Å². The van der Waals surface area contributed by atoms with Crippen molar-refractivity contribution in [1.82, 2.24) is 9.97 Å². The van der Waals surface area contributed by atoms with Crippen molar-refractivity contribution in [3.05, 3.63) is 39.3 Å². The van der Waals surface area contributed by atoms with Crippen LogP contribution in [0.25, 0.3) is 0 Å². The largest absolute Gasteiger partial charge is 0.391 e. The fourth-order valence-corrected chi connectivity index (χ4v) is 2.83. The Kier molecular flexibility index (Phi) is 7.55. The minimum atomic E-state index is -2.27. The number of aryl methyl sites for hydroxylation is 1. The molecule has 9 nitrogen and oxygen atoms in total. The topological polar surface area (TPSA) is 129 Å². The Labute approximate surface area is 179 Å². The molecule has 1 amide bonds. The number of nitrogens with one attached hydrogen (secondary N) is 3. The number of nitrogens with zero attached hydrogens (tertiary/aromatic N) is 3. The monoisotopic (exact) mass is 484 g/mol. The Morgan fingerprint density at radius 3 is 2.62 bits per heavy atom. The van der Waals surface area contributed by atoms with Crippen LogP contribution >= 0.6 is 26.1 Å². The molecule has 2 rings (SSSR count). The summed E-state index contributed by atoms with van der Waals surface area (Å²) in [7, 11) is -2.27. The van der Waals surface area contributed by atoms with E-state index in [0.29, 0.717) is 27.6 Å². The molecule has 0 spiro atoms. The van der Waals surface area contributed by atoms with E-state index in [1.807, 2.05) is 26.0 Å². The summed E-state index contributed by atoms with van der Waals surface area (Å²) < 4.78 is 3.61. The number of benzene rings is 1. The number of aliphatic hydroxyl groups excluding tert-OH is 1. The third-order valence-corrected chi connectivity index (χ3v) is 6.17. The SMILES string of the molecule is Cc1ccc(Nc2ncc(Br)c(N[C@H](C)[C@@H](C)O)n2)cc1NC(=O)S(C)(C)N=O. The van der Waals surface area contributed by atoms with Crippen LogP contribution in [0.1, 0.15) is 19.4 Å². The highest BCUT2D eigenvalue weighted by Crippen LogP contribution is 2.43. The van der Waals surface area contributed by atoms with Gasteiger partial charge >= 0.3 is 0 Å². The zero-order valence-corrected chi connectivity index (χ0v) is 19.3. The zero-order valence-electron chi connectivity index (χ0n) is 16.9. The first-order valence-electron chi connectivity index (χ1n) is 8.77. The molecular weight excluding hydrogens is 460 g/mol. The minimum absolute atomic E-state index is 0.201. The molecule has 0 aliphatic heterocycles. The summed E-state index contributed by atoms with van der Waals surface area (Å²) in [5.74, 6) is 0.883. The van der Waals surface area contributed by atoms with Gasteiger partial charge in [0, 0.05) is 17.6 Å². The highest BCUT2D eigenvalue weighted by Gasteiger charge is 2.23. The lowest BCUT2D eigenvalue weighted by Gasteiger charge is -2.21. The van der Waals surface area contributed by atoms with Gasteiger partial charge in [-0.15, -0.1) is 4.91 Å². The van der Waals surface area contributed by atoms with E-state index in [4.69, 9.17) is 0 Å². The molecule has 4 N–H and O–H groups in total. The number of nitroso groups, excluding NO2 is 1. The first kappa shape index (κ1) is 23.0. The summed E-state index contributed by atoms with van der Waals surface area (Å²) in [5.41, 5.74) is 2.08. The summed E-state index contributed by atoms with van der Waals surface area (Å²) >= 11 is 3.39.